The highest BCUT2D eigenvalue weighted by Crippen LogP contribution is 2.22. The molecule has 0 bridgehead atoms. The number of pyridine rings is 2. The van der Waals surface area contributed by atoms with Crippen molar-refractivity contribution in [3.05, 3.63) is 47.3 Å². The minimum Gasteiger partial charge on any atom is -0.481 e. The van der Waals surface area contributed by atoms with Crippen molar-refractivity contribution in [2.45, 2.75) is 44.2 Å². The van der Waals surface area contributed by atoms with Gasteiger partial charge in [-0.05, 0) is 49.4 Å². The van der Waals surface area contributed by atoms with E-state index in [1.807, 2.05) is 6.07 Å². The van der Waals surface area contributed by atoms with Crippen LogP contribution in [0.1, 0.15) is 42.1 Å². The van der Waals surface area contributed by atoms with E-state index in [0.29, 0.717) is 5.88 Å². The van der Waals surface area contributed by atoms with Crippen LogP contribution in [0.25, 0.3) is 0 Å². The normalized spacial score (nSPS) is 17.3. The Morgan fingerprint density at radius 2 is 2.23 bits per heavy atom. The van der Waals surface area contributed by atoms with Crippen molar-refractivity contribution in [2.75, 3.05) is 38.6 Å². The van der Waals surface area contributed by atoms with Crippen LogP contribution in [0.2, 0.25) is 0 Å². The standard InChI is InChI=1S/C23H31N5O3/c1-31-21-9-7-17(13-25-21)20(12-22(29)30)26-19-14-28(15-19)11-3-5-18-8-6-16-4-2-10-24-23(16)27-18/h6-9,13,19-20,26H,2-5,10-12,14-15H2,1H3,(H,24,27)(H,29,30). The number of anilines is 1. The van der Waals surface area contributed by atoms with Gasteiger partial charge in [0.25, 0.3) is 0 Å². The third kappa shape index (κ3) is 5.71. The maximum absolute atomic E-state index is 11.3. The SMILES string of the molecule is COc1ccc(C(CC(=O)O)NC2CN(CCCc3ccc4c(n3)NCCC4)C2)cn1. The first kappa shape index (κ1) is 21.5. The molecule has 1 atom stereocenters. The van der Waals surface area contributed by atoms with Gasteiger partial charge in [-0.3, -0.25) is 4.79 Å². The molecule has 0 spiro atoms. The molecule has 1 saturated heterocycles. The Morgan fingerprint density at radius 1 is 1.35 bits per heavy atom. The topological polar surface area (TPSA) is 99.6 Å². The number of aromatic nitrogens is 2. The van der Waals surface area contributed by atoms with Crippen LogP contribution >= 0.6 is 0 Å². The lowest BCUT2D eigenvalue weighted by Crippen LogP contribution is -2.58. The van der Waals surface area contributed by atoms with Crippen molar-refractivity contribution in [1.29, 1.82) is 0 Å². The van der Waals surface area contributed by atoms with Crippen LogP contribution in [0.4, 0.5) is 5.82 Å². The number of carboxylic acid groups (broad SMARTS) is 1. The highest BCUT2D eigenvalue weighted by atomic mass is 16.5. The summed E-state index contributed by atoms with van der Waals surface area (Å²) in [5.74, 6) is 0.767. The molecule has 0 aromatic carbocycles. The van der Waals surface area contributed by atoms with Crippen LogP contribution in [0, 0.1) is 0 Å². The number of likely N-dealkylation sites (tertiary alicyclic amines) is 1. The van der Waals surface area contributed by atoms with Crippen LogP contribution < -0.4 is 15.4 Å². The maximum atomic E-state index is 11.3. The summed E-state index contributed by atoms with van der Waals surface area (Å²) in [4.78, 5) is 22.7. The zero-order chi connectivity index (χ0) is 21.6. The van der Waals surface area contributed by atoms with Gasteiger partial charge in [0.15, 0.2) is 0 Å². The lowest BCUT2D eigenvalue weighted by atomic mass is 10.0. The molecule has 0 aliphatic carbocycles. The first-order valence-electron chi connectivity index (χ1n) is 11.0. The molecule has 2 aliphatic heterocycles. The summed E-state index contributed by atoms with van der Waals surface area (Å²) in [6.45, 7) is 3.90. The first-order valence-corrected chi connectivity index (χ1v) is 11.0. The highest BCUT2D eigenvalue weighted by molar-refractivity contribution is 5.68. The van der Waals surface area contributed by atoms with Crippen molar-refractivity contribution >= 4 is 11.8 Å². The molecule has 31 heavy (non-hydrogen) atoms. The van der Waals surface area contributed by atoms with E-state index in [9.17, 15) is 9.90 Å². The van der Waals surface area contributed by atoms with Crippen molar-refractivity contribution in [1.82, 2.24) is 20.2 Å². The summed E-state index contributed by atoms with van der Waals surface area (Å²) in [5.41, 5.74) is 3.35. The summed E-state index contributed by atoms with van der Waals surface area (Å²) in [5, 5.41) is 16.2. The van der Waals surface area contributed by atoms with Crippen LogP contribution in [-0.2, 0) is 17.6 Å². The van der Waals surface area contributed by atoms with Gasteiger partial charge in [-0.25, -0.2) is 9.97 Å². The Hall–Kier alpha value is -2.71. The molecule has 166 valence electrons. The molecule has 1 fully saturated rings. The number of hydrogen-bond donors (Lipinski definition) is 3. The summed E-state index contributed by atoms with van der Waals surface area (Å²) in [6, 6.07) is 8.05. The van der Waals surface area contributed by atoms with E-state index in [1.54, 1.807) is 19.4 Å². The van der Waals surface area contributed by atoms with Crippen molar-refractivity contribution in [3.63, 3.8) is 0 Å². The second-order valence-electron chi connectivity index (χ2n) is 8.35. The molecule has 0 saturated carbocycles. The van der Waals surface area contributed by atoms with Gasteiger partial charge in [0.1, 0.15) is 5.82 Å². The predicted octanol–water partition coefficient (Wildman–Crippen LogP) is 2.27. The fourth-order valence-electron chi connectivity index (χ4n) is 4.30. The van der Waals surface area contributed by atoms with Gasteiger partial charge in [-0.2, -0.15) is 0 Å². The monoisotopic (exact) mass is 425 g/mol. The molecule has 2 aromatic rings. The molecule has 0 amide bonds. The Morgan fingerprint density at radius 3 is 2.97 bits per heavy atom. The van der Waals surface area contributed by atoms with E-state index in [0.717, 1.165) is 62.5 Å². The number of carbonyl (C=O) groups is 1. The fraction of sp³-hybridized carbons (Fsp3) is 0.522. The molecule has 3 N–H and O–H groups in total. The van der Waals surface area contributed by atoms with Crippen molar-refractivity contribution in [2.24, 2.45) is 0 Å². The van der Waals surface area contributed by atoms with E-state index >= 15 is 0 Å². The fourth-order valence-corrected chi connectivity index (χ4v) is 4.30. The maximum Gasteiger partial charge on any atom is 0.305 e. The minimum absolute atomic E-state index is 0.0303. The quantitative estimate of drug-likeness (QED) is 0.533. The van der Waals surface area contributed by atoms with Gasteiger partial charge in [0.2, 0.25) is 5.88 Å². The number of aryl methyl sites for hydroxylation is 2. The average molecular weight is 426 g/mol. The van der Waals surface area contributed by atoms with Crippen molar-refractivity contribution in [3.8, 4) is 5.88 Å². The highest BCUT2D eigenvalue weighted by Gasteiger charge is 2.29. The molecule has 8 heteroatoms. The number of fused-ring (bicyclic) bond motifs is 1. The van der Waals surface area contributed by atoms with Gasteiger partial charge in [-0.1, -0.05) is 12.1 Å². The molecule has 8 nitrogen and oxygen atoms in total. The number of nitrogens with one attached hydrogen (secondary N) is 2. The molecule has 4 heterocycles. The first-order chi connectivity index (χ1) is 15.1. The Balaban J connectivity index is 1.22. The summed E-state index contributed by atoms with van der Waals surface area (Å²) in [6.07, 6.45) is 6.06. The number of nitrogens with zero attached hydrogens (tertiary/aromatic N) is 3. The van der Waals surface area contributed by atoms with Crippen LogP contribution in [0.5, 0.6) is 5.88 Å². The van der Waals surface area contributed by atoms with E-state index in [-0.39, 0.29) is 18.5 Å². The minimum atomic E-state index is -0.823. The van der Waals surface area contributed by atoms with Gasteiger partial charge >= 0.3 is 5.97 Å². The lowest BCUT2D eigenvalue weighted by Gasteiger charge is -2.41. The zero-order valence-electron chi connectivity index (χ0n) is 18.0. The number of ether oxygens (including phenoxy) is 1. The third-order valence-electron chi connectivity index (χ3n) is 6.00. The van der Waals surface area contributed by atoms with Gasteiger partial charge in [0.05, 0.1) is 13.5 Å². The van der Waals surface area contributed by atoms with E-state index in [2.05, 4.69) is 32.7 Å². The second-order valence-corrected chi connectivity index (χ2v) is 8.35. The van der Waals surface area contributed by atoms with Gasteiger partial charge in [-0.15, -0.1) is 0 Å². The lowest BCUT2D eigenvalue weighted by molar-refractivity contribution is -0.137. The molecular weight excluding hydrogens is 394 g/mol. The Bertz CT molecular complexity index is 883. The van der Waals surface area contributed by atoms with Gasteiger partial charge < -0.3 is 25.4 Å². The smallest absolute Gasteiger partial charge is 0.305 e. The number of methoxy groups -OCH3 is 1. The molecule has 1 unspecified atom stereocenters. The van der Waals surface area contributed by atoms with Crippen molar-refractivity contribution < 1.29 is 14.6 Å². The number of carboxylic acids is 1. The van der Waals surface area contributed by atoms with E-state index in [1.165, 1.54) is 12.0 Å². The average Bonchev–Trinajstić information content (AvgIpc) is 2.76. The predicted molar refractivity (Wildman–Crippen MR) is 119 cm³/mol. The van der Waals surface area contributed by atoms with Crippen LogP contribution in [-0.4, -0.2) is 65.3 Å². The number of rotatable bonds is 10. The largest absolute Gasteiger partial charge is 0.481 e. The van der Waals surface area contributed by atoms with Crippen LogP contribution in [0.15, 0.2) is 30.5 Å². The van der Waals surface area contributed by atoms with Crippen LogP contribution in [0.3, 0.4) is 0 Å². The van der Waals surface area contributed by atoms with E-state index in [4.69, 9.17) is 9.72 Å². The van der Waals surface area contributed by atoms with Gasteiger partial charge in [0, 0.05) is 49.7 Å². The molecule has 2 aliphatic rings. The molecular formula is C23H31N5O3. The second kappa shape index (κ2) is 10.1. The Kier molecular flexibility index (Phi) is 6.99. The molecule has 2 aromatic heterocycles. The Labute approximate surface area is 183 Å². The zero-order valence-corrected chi connectivity index (χ0v) is 18.0. The summed E-state index contributed by atoms with van der Waals surface area (Å²) >= 11 is 0. The summed E-state index contributed by atoms with van der Waals surface area (Å²) in [7, 11) is 1.57. The molecule has 4 rings (SSSR count). The molecule has 0 radical (unpaired) electrons. The van der Waals surface area contributed by atoms with E-state index < -0.39 is 5.97 Å². The summed E-state index contributed by atoms with van der Waals surface area (Å²) < 4.78 is 5.09. The third-order valence-corrected chi connectivity index (χ3v) is 6.00. The number of aliphatic carboxylic acids is 1. The number of hydrogen-bond acceptors (Lipinski definition) is 7.